The van der Waals surface area contributed by atoms with Gasteiger partial charge in [0.2, 0.25) is 0 Å². The van der Waals surface area contributed by atoms with Crippen LogP contribution in [0.1, 0.15) is 28.7 Å². The Balaban J connectivity index is 1.81. The molecule has 0 spiro atoms. The van der Waals surface area contributed by atoms with Crippen LogP contribution >= 0.6 is 0 Å². The van der Waals surface area contributed by atoms with E-state index < -0.39 is 35.6 Å². The molecular weight excluding hydrogens is 530 g/mol. The van der Waals surface area contributed by atoms with Crippen LogP contribution < -0.4 is 9.47 Å². The summed E-state index contributed by atoms with van der Waals surface area (Å²) in [5, 5.41) is 18.5. The van der Waals surface area contributed by atoms with Crippen molar-refractivity contribution < 1.29 is 50.8 Å². The van der Waals surface area contributed by atoms with Crippen molar-refractivity contribution in [3.63, 3.8) is 0 Å². The van der Waals surface area contributed by atoms with Crippen LogP contribution in [-0.2, 0) is 23.2 Å². The van der Waals surface area contributed by atoms with Crippen molar-refractivity contribution in [1.82, 2.24) is 0 Å². The van der Waals surface area contributed by atoms with E-state index in [1.54, 1.807) is 36.4 Å². The molecule has 1 atom stereocenters. The first-order valence-corrected chi connectivity index (χ1v) is 11.8. The average molecular weight is 556 g/mol. The van der Waals surface area contributed by atoms with Gasteiger partial charge in [0.15, 0.2) is 0 Å². The molecule has 0 fully saturated rings. The summed E-state index contributed by atoms with van der Waals surface area (Å²) in [7, 11) is 0. The van der Waals surface area contributed by atoms with Crippen LogP contribution in [0.25, 0.3) is 0 Å². The maximum absolute atomic E-state index is 13.3. The lowest BCUT2D eigenvalue weighted by Crippen LogP contribution is -2.53. The Morgan fingerprint density at radius 2 is 1.49 bits per heavy atom. The van der Waals surface area contributed by atoms with Crippen LogP contribution in [0.5, 0.6) is 11.5 Å². The number of hydrogen-bond donors (Lipinski definition) is 2. The van der Waals surface area contributed by atoms with Gasteiger partial charge in [-0.1, -0.05) is 48.5 Å². The van der Waals surface area contributed by atoms with Gasteiger partial charge in [0, 0.05) is 18.4 Å². The summed E-state index contributed by atoms with van der Waals surface area (Å²) in [5.74, 6) is -0.428. The second kappa shape index (κ2) is 12.0. The van der Waals surface area contributed by atoms with Crippen molar-refractivity contribution in [2.75, 3.05) is 6.61 Å². The third-order valence-corrected chi connectivity index (χ3v) is 6.00. The minimum atomic E-state index is -5.99. The highest BCUT2D eigenvalue weighted by Gasteiger charge is 2.71. The van der Waals surface area contributed by atoms with Crippen LogP contribution in [0.4, 0.5) is 26.3 Å². The van der Waals surface area contributed by atoms with Crippen LogP contribution in [0.2, 0.25) is 0 Å². The molecule has 0 aliphatic heterocycles. The third kappa shape index (κ3) is 7.44. The molecule has 5 nitrogen and oxygen atoms in total. The molecule has 0 bridgehead atoms. The van der Waals surface area contributed by atoms with E-state index in [1.165, 1.54) is 6.92 Å². The SMILES string of the molecule is Cc1cc(C(O)(C(F)(F)F)C(F)(F)F)ccc1O[C@H](COc1ccc(CCC(=O)O)cc1)Cc1ccccc1. The topological polar surface area (TPSA) is 76.0 Å². The number of aliphatic carboxylic acids is 1. The normalized spacial score (nSPS) is 13.1. The zero-order chi connectivity index (χ0) is 28.8. The van der Waals surface area contributed by atoms with E-state index in [0.29, 0.717) is 30.7 Å². The Morgan fingerprint density at radius 3 is 2.03 bits per heavy atom. The molecule has 210 valence electrons. The fourth-order valence-electron chi connectivity index (χ4n) is 3.88. The van der Waals surface area contributed by atoms with Crippen molar-refractivity contribution in [3.8, 4) is 11.5 Å². The van der Waals surface area contributed by atoms with E-state index >= 15 is 0 Å². The van der Waals surface area contributed by atoms with E-state index in [9.17, 15) is 36.2 Å². The summed E-state index contributed by atoms with van der Waals surface area (Å²) < 4.78 is 91.5. The van der Waals surface area contributed by atoms with Crippen molar-refractivity contribution in [3.05, 3.63) is 95.1 Å². The molecule has 11 heteroatoms. The first kappa shape index (κ1) is 29.8. The summed E-state index contributed by atoms with van der Waals surface area (Å²) in [4.78, 5) is 10.7. The first-order chi connectivity index (χ1) is 18.2. The number of rotatable bonds is 11. The number of aliphatic hydroxyl groups is 1. The monoisotopic (exact) mass is 556 g/mol. The Hall–Kier alpha value is -3.73. The molecule has 3 aromatic carbocycles. The van der Waals surface area contributed by atoms with Crippen molar-refractivity contribution >= 4 is 5.97 Å². The Bertz CT molecular complexity index is 1230. The number of aryl methyl sites for hydroxylation is 2. The molecule has 3 aromatic rings. The van der Waals surface area contributed by atoms with Gasteiger partial charge < -0.3 is 19.7 Å². The number of hydrogen-bond acceptors (Lipinski definition) is 4. The van der Waals surface area contributed by atoms with E-state index in [-0.39, 0.29) is 24.3 Å². The molecule has 0 amide bonds. The highest BCUT2D eigenvalue weighted by Crippen LogP contribution is 2.50. The van der Waals surface area contributed by atoms with E-state index in [1.807, 2.05) is 18.2 Å². The Labute approximate surface area is 220 Å². The van der Waals surface area contributed by atoms with Crippen LogP contribution in [-0.4, -0.2) is 41.2 Å². The van der Waals surface area contributed by atoms with Gasteiger partial charge in [-0.05, 0) is 54.3 Å². The number of carboxylic acid groups (broad SMARTS) is 1. The smallest absolute Gasteiger partial charge is 0.430 e. The van der Waals surface area contributed by atoms with E-state index in [4.69, 9.17) is 14.6 Å². The largest absolute Gasteiger partial charge is 0.490 e. The summed E-state index contributed by atoms with van der Waals surface area (Å²) in [5.41, 5.74) is -4.79. The van der Waals surface area contributed by atoms with Crippen molar-refractivity contribution in [1.29, 1.82) is 0 Å². The van der Waals surface area contributed by atoms with Gasteiger partial charge in [0.05, 0.1) is 0 Å². The van der Waals surface area contributed by atoms with Crippen LogP contribution in [0.3, 0.4) is 0 Å². The lowest BCUT2D eigenvalue weighted by Gasteiger charge is -2.33. The predicted molar refractivity (Wildman–Crippen MR) is 130 cm³/mol. The highest BCUT2D eigenvalue weighted by atomic mass is 19.4. The summed E-state index contributed by atoms with van der Waals surface area (Å²) in [6.07, 6.45) is -12.0. The van der Waals surface area contributed by atoms with Gasteiger partial charge in [0.1, 0.15) is 24.2 Å². The number of benzene rings is 3. The predicted octanol–water partition coefficient (Wildman–Crippen LogP) is 6.39. The summed E-state index contributed by atoms with van der Waals surface area (Å²) >= 11 is 0. The lowest BCUT2D eigenvalue weighted by atomic mass is 9.91. The van der Waals surface area contributed by atoms with Crippen molar-refractivity contribution in [2.45, 2.75) is 50.2 Å². The molecule has 2 N–H and O–H groups in total. The van der Waals surface area contributed by atoms with Crippen LogP contribution in [0, 0.1) is 6.92 Å². The number of alkyl halides is 6. The molecule has 0 radical (unpaired) electrons. The molecule has 0 heterocycles. The maximum Gasteiger partial charge on any atom is 0.430 e. The van der Waals surface area contributed by atoms with Gasteiger partial charge >= 0.3 is 18.3 Å². The number of ether oxygens (including phenoxy) is 2. The van der Waals surface area contributed by atoms with E-state index in [0.717, 1.165) is 17.2 Å². The highest BCUT2D eigenvalue weighted by molar-refractivity contribution is 5.67. The molecule has 0 saturated carbocycles. The molecule has 0 aliphatic carbocycles. The second-order valence-corrected chi connectivity index (χ2v) is 8.96. The van der Waals surface area contributed by atoms with Gasteiger partial charge in [-0.25, -0.2) is 0 Å². The summed E-state index contributed by atoms with van der Waals surface area (Å²) in [6, 6.07) is 17.9. The molecular formula is C28H26F6O5. The average Bonchev–Trinajstić information content (AvgIpc) is 2.86. The van der Waals surface area contributed by atoms with Gasteiger partial charge in [-0.2, -0.15) is 26.3 Å². The molecule has 0 aliphatic rings. The second-order valence-electron chi connectivity index (χ2n) is 8.96. The Kier molecular flexibility index (Phi) is 9.16. The van der Waals surface area contributed by atoms with E-state index in [2.05, 4.69) is 0 Å². The fraction of sp³-hybridized carbons (Fsp3) is 0.321. The standard InChI is InChI=1S/C28H26F6O5/c1-18-15-21(26(37,27(29,30)31)28(32,33)34)10-13-24(18)39-23(16-20-5-3-2-4-6-20)17-38-22-11-7-19(8-12-22)9-14-25(35)36/h2-8,10-13,15,23,37H,9,14,16-17H2,1H3,(H,35,36)/t23-/m0/s1. The Morgan fingerprint density at radius 1 is 0.872 bits per heavy atom. The first-order valence-electron chi connectivity index (χ1n) is 11.8. The molecule has 39 heavy (non-hydrogen) atoms. The third-order valence-electron chi connectivity index (χ3n) is 6.00. The zero-order valence-corrected chi connectivity index (χ0v) is 20.7. The molecule has 0 saturated heterocycles. The zero-order valence-electron chi connectivity index (χ0n) is 20.7. The maximum atomic E-state index is 13.3. The molecule has 3 rings (SSSR count). The van der Waals surface area contributed by atoms with Gasteiger partial charge in [0.25, 0.3) is 5.60 Å². The minimum absolute atomic E-state index is 0.0143. The quantitative estimate of drug-likeness (QED) is 0.268. The summed E-state index contributed by atoms with van der Waals surface area (Å²) in [6.45, 7) is 1.27. The van der Waals surface area contributed by atoms with Gasteiger partial charge in [-0.3, -0.25) is 4.79 Å². The molecule has 0 unspecified atom stereocenters. The van der Waals surface area contributed by atoms with Crippen molar-refractivity contribution in [2.24, 2.45) is 0 Å². The fourth-order valence-corrected chi connectivity index (χ4v) is 3.88. The van der Waals surface area contributed by atoms with Crippen LogP contribution in [0.15, 0.2) is 72.8 Å². The minimum Gasteiger partial charge on any atom is -0.490 e. The lowest BCUT2D eigenvalue weighted by molar-refractivity contribution is -0.376. The number of halogens is 6. The number of carboxylic acids is 1. The molecule has 0 aromatic heterocycles. The van der Waals surface area contributed by atoms with Gasteiger partial charge in [-0.15, -0.1) is 0 Å². The number of carbonyl (C=O) groups is 1.